The van der Waals surface area contributed by atoms with E-state index in [1.165, 1.54) is 7.11 Å². The molecule has 1 aliphatic rings. The molecule has 0 atom stereocenters. The van der Waals surface area contributed by atoms with E-state index in [0.717, 1.165) is 29.5 Å². The lowest BCUT2D eigenvalue weighted by Gasteiger charge is -2.36. The summed E-state index contributed by atoms with van der Waals surface area (Å²) in [5.74, 6) is 0.968. The van der Waals surface area contributed by atoms with E-state index in [1.807, 2.05) is 12.1 Å². The molecule has 1 aromatic carbocycles. The molecule has 0 spiro atoms. The molecule has 0 amide bonds. The van der Waals surface area contributed by atoms with E-state index in [0.29, 0.717) is 30.1 Å². The molecular weight excluding hydrogens is 428 g/mol. The molecule has 0 fully saturated rings. The van der Waals surface area contributed by atoms with Crippen LogP contribution in [0.25, 0.3) is 5.57 Å². The first-order chi connectivity index (χ1) is 15.1. The predicted molar refractivity (Wildman–Crippen MR) is 126 cm³/mol. The largest absolute Gasteiger partial charge is 0.468 e. The first kappa shape index (κ1) is 26.4. The molecular formula is C24H38O7Si. The Morgan fingerprint density at radius 1 is 1.00 bits per heavy atom. The number of allylic oxidation sites excluding steroid dienone is 1. The zero-order valence-corrected chi connectivity index (χ0v) is 21.8. The van der Waals surface area contributed by atoms with Gasteiger partial charge in [-0.05, 0) is 55.1 Å². The molecule has 1 aromatic rings. The zero-order chi connectivity index (χ0) is 23.9. The summed E-state index contributed by atoms with van der Waals surface area (Å²) in [5.41, 5.74) is 3.25. The predicted octanol–water partition coefficient (Wildman–Crippen LogP) is 5.28. The molecule has 0 saturated heterocycles. The van der Waals surface area contributed by atoms with Gasteiger partial charge in [0.15, 0.2) is 21.9 Å². The summed E-state index contributed by atoms with van der Waals surface area (Å²) in [7, 11) is 2.55. The quantitative estimate of drug-likeness (QED) is 0.249. The molecule has 0 heterocycles. The smallest absolute Gasteiger partial charge is 0.334 e. The van der Waals surface area contributed by atoms with Crippen LogP contribution in [-0.2, 0) is 30.0 Å². The maximum absolute atomic E-state index is 12.4. The Hall–Kier alpha value is -1.87. The van der Waals surface area contributed by atoms with Crippen LogP contribution in [0.1, 0.15) is 51.2 Å². The molecule has 8 heteroatoms. The van der Waals surface area contributed by atoms with Gasteiger partial charge in [-0.2, -0.15) is 0 Å². The average Bonchev–Trinajstić information content (AvgIpc) is 3.23. The van der Waals surface area contributed by atoms with Gasteiger partial charge >= 0.3 is 5.97 Å². The highest BCUT2D eigenvalue weighted by Gasteiger charge is 2.37. The Bertz CT molecular complexity index is 824. The lowest BCUT2D eigenvalue weighted by atomic mass is 9.97. The van der Waals surface area contributed by atoms with Crippen LogP contribution in [0.3, 0.4) is 0 Å². The summed E-state index contributed by atoms with van der Waals surface area (Å²) in [6.45, 7) is 11.6. The summed E-state index contributed by atoms with van der Waals surface area (Å²) in [6.07, 6.45) is 2.30. The SMILES string of the molecule is COCOc1cc(CO[Si](C)(C)C(C)(C)C)c(OCOC)c(C2=C(C(=O)OC)CCC2)c1. The summed E-state index contributed by atoms with van der Waals surface area (Å²) in [5, 5.41) is 0.0690. The van der Waals surface area contributed by atoms with Crippen LogP contribution in [0.5, 0.6) is 11.5 Å². The van der Waals surface area contributed by atoms with Crippen LogP contribution in [0, 0.1) is 0 Å². The van der Waals surface area contributed by atoms with E-state index in [-0.39, 0.29) is 24.6 Å². The van der Waals surface area contributed by atoms with Crippen LogP contribution in [-0.4, -0.2) is 49.2 Å². The Labute approximate surface area is 193 Å². The highest BCUT2D eigenvalue weighted by atomic mass is 28.4. The second kappa shape index (κ2) is 11.3. The number of methoxy groups -OCH3 is 3. The number of hydrogen-bond acceptors (Lipinski definition) is 7. The second-order valence-corrected chi connectivity index (χ2v) is 14.2. The number of benzene rings is 1. The minimum Gasteiger partial charge on any atom is -0.468 e. The van der Waals surface area contributed by atoms with Crippen molar-refractivity contribution < 1.29 is 32.9 Å². The minimum absolute atomic E-state index is 0.0690. The third-order valence-corrected chi connectivity index (χ3v) is 10.7. The highest BCUT2D eigenvalue weighted by Crippen LogP contribution is 2.43. The monoisotopic (exact) mass is 466 g/mol. The van der Waals surface area contributed by atoms with E-state index in [2.05, 4.69) is 33.9 Å². The topological polar surface area (TPSA) is 72.5 Å². The van der Waals surface area contributed by atoms with Gasteiger partial charge in [0, 0.05) is 30.9 Å². The van der Waals surface area contributed by atoms with Crippen molar-refractivity contribution in [1.82, 2.24) is 0 Å². The summed E-state index contributed by atoms with van der Waals surface area (Å²) in [4.78, 5) is 12.4. The molecule has 1 aliphatic carbocycles. The van der Waals surface area contributed by atoms with Crippen LogP contribution in [0.2, 0.25) is 18.1 Å². The van der Waals surface area contributed by atoms with Gasteiger partial charge in [-0.1, -0.05) is 20.8 Å². The summed E-state index contributed by atoms with van der Waals surface area (Å²) in [6, 6.07) is 3.80. The maximum atomic E-state index is 12.4. The van der Waals surface area contributed by atoms with E-state index in [4.69, 9.17) is 28.1 Å². The Kier molecular flexibility index (Phi) is 9.33. The third kappa shape index (κ3) is 6.34. The van der Waals surface area contributed by atoms with E-state index in [9.17, 15) is 4.79 Å². The molecule has 180 valence electrons. The van der Waals surface area contributed by atoms with Gasteiger partial charge in [0.2, 0.25) is 0 Å². The molecule has 0 radical (unpaired) electrons. The van der Waals surface area contributed by atoms with Crippen molar-refractivity contribution in [2.24, 2.45) is 0 Å². The molecule has 0 saturated carbocycles. The highest BCUT2D eigenvalue weighted by molar-refractivity contribution is 6.74. The molecule has 0 N–H and O–H groups in total. The Balaban J connectivity index is 2.60. The van der Waals surface area contributed by atoms with E-state index >= 15 is 0 Å². The van der Waals surface area contributed by atoms with Gasteiger partial charge in [0.05, 0.1) is 13.7 Å². The van der Waals surface area contributed by atoms with Crippen molar-refractivity contribution in [2.45, 2.75) is 64.8 Å². The Morgan fingerprint density at radius 3 is 2.25 bits per heavy atom. The Morgan fingerprint density at radius 2 is 1.66 bits per heavy atom. The first-order valence-corrected chi connectivity index (χ1v) is 13.8. The zero-order valence-electron chi connectivity index (χ0n) is 20.8. The molecule has 0 aliphatic heterocycles. The van der Waals surface area contributed by atoms with Crippen LogP contribution >= 0.6 is 0 Å². The molecule has 7 nitrogen and oxygen atoms in total. The number of hydrogen-bond donors (Lipinski definition) is 0. The molecule has 0 unspecified atom stereocenters. The molecule has 0 aromatic heterocycles. The summed E-state index contributed by atoms with van der Waals surface area (Å²) >= 11 is 0. The lowest BCUT2D eigenvalue weighted by Crippen LogP contribution is -2.40. The molecule has 32 heavy (non-hydrogen) atoms. The number of carbonyl (C=O) groups excluding carboxylic acids is 1. The van der Waals surface area contributed by atoms with Gasteiger partial charge < -0.3 is 28.1 Å². The molecule has 2 rings (SSSR count). The van der Waals surface area contributed by atoms with Crippen molar-refractivity contribution in [3.05, 3.63) is 28.8 Å². The van der Waals surface area contributed by atoms with Crippen molar-refractivity contribution >= 4 is 19.9 Å². The van der Waals surface area contributed by atoms with Gasteiger partial charge in [-0.15, -0.1) is 0 Å². The maximum Gasteiger partial charge on any atom is 0.334 e. The minimum atomic E-state index is -2.01. The van der Waals surface area contributed by atoms with Gasteiger partial charge in [-0.25, -0.2) is 4.79 Å². The van der Waals surface area contributed by atoms with Crippen molar-refractivity contribution in [3.63, 3.8) is 0 Å². The second-order valence-electron chi connectivity index (χ2n) is 9.41. The van der Waals surface area contributed by atoms with Crippen molar-refractivity contribution in [2.75, 3.05) is 34.9 Å². The van der Waals surface area contributed by atoms with Gasteiger partial charge in [0.25, 0.3) is 0 Å². The molecule has 0 bridgehead atoms. The average molecular weight is 467 g/mol. The van der Waals surface area contributed by atoms with Gasteiger partial charge in [0.1, 0.15) is 11.5 Å². The number of carbonyl (C=O) groups is 1. The fourth-order valence-electron chi connectivity index (χ4n) is 3.35. The standard InChI is InChI=1S/C24H38O7Si/c1-24(2,3)32(7,8)31-14-17-12-18(29-15-26-4)13-21(22(17)30-16-27-5)19-10-9-11-20(19)23(25)28-6/h12-13H,9-11,14-16H2,1-8H3. The van der Waals surface area contributed by atoms with Crippen LogP contribution < -0.4 is 9.47 Å². The fraction of sp³-hybridized carbons (Fsp3) is 0.625. The number of ether oxygens (including phenoxy) is 5. The van der Waals surface area contributed by atoms with E-state index < -0.39 is 8.32 Å². The fourth-order valence-corrected chi connectivity index (χ4v) is 4.30. The van der Waals surface area contributed by atoms with Crippen molar-refractivity contribution in [3.8, 4) is 11.5 Å². The van der Waals surface area contributed by atoms with Crippen LogP contribution in [0.4, 0.5) is 0 Å². The van der Waals surface area contributed by atoms with E-state index in [1.54, 1.807) is 14.2 Å². The lowest BCUT2D eigenvalue weighted by molar-refractivity contribution is -0.136. The number of esters is 1. The first-order valence-electron chi connectivity index (χ1n) is 10.9. The number of rotatable bonds is 11. The third-order valence-electron chi connectivity index (χ3n) is 6.17. The summed E-state index contributed by atoms with van der Waals surface area (Å²) < 4.78 is 33.6. The van der Waals surface area contributed by atoms with Crippen LogP contribution in [0.15, 0.2) is 17.7 Å². The van der Waals surface area contributed by atoms with Gasteiger partial charge in [-0.3, -0.25) is 0 Å². The normalized spacial score (nSPS) is 14.6. The van der Waals surface area contributed by atoms with Crippen molar-refractivity contribution in [1.29, 1.82) is 0 Å².